The minimum atomic E-state index is -3.62. The Bertz CT molecular complexity index is 851. The molecule has 0 aliphatic heterocycles. The zero-order valence-corrected chi connectivity index (χ0v) is 17.5. The zero-order chi connectivity index (χ0) is 20.6. The van der Waals surface area contributed by atoms with Crippen molar-refractivity contribution >= 4 is 10.0 Å². The average Bonchev–Trinajstić information content (AvgIpc) is 2.69. The van der Waals surface area contributed by atoms with Crippen molar-refractivity contribution in [2.75, 3.05) is 47.6 Å². The van der Waals surface area contributed by atoms with Crippen LogP contribution in [0.2, 0.25) is 0 Å². The quantitative estimate of drug-likeness (QED) is 0.531. The van der Waals surface area contributed by atoms with Crippen LogP contribution in [0.25, 0.3) is 0 Å². The second-order valence-electron chi connectivity index (χ2n) is 6.12. The van der Waals surface area contributed by atoms with Crippen molar-refractivity contribution in [3.63, 3.8) is 0 Å². The number of rotatable bonds is 11. The van der Waals surface area contributed by atoms with E-state index < -0.39 is 10.0 Å². The number of sulfonamides is 1. The third-order valence-corrected chi connectivity index (χ3v) is 5.99. The summed E-state index contributed by atoms with van der Waals surface area (Å²) in [6, 6.07) is 11.9. The Labute approximate surface area is 166 Å². The Morgan fingerprint density at radius 2 is 1.57 bits per heavy atom. The van der Waals surface area contributed by atoms with Crippen molar-refractivity contribution in [1.82, 2.24) is 4.31 Å². The molecule has 0 aromatic heterocycles. The topological polar surface area (TPSA) is 74.3 Å². The fraction of sp³-hybridized carbons (Fsp3) is 0.400. The molecule has 0 fully saturated rings. The number of ether oxygens (including phenoxy) is 4. The van der Waals surface area contributed by atoms with E-state index >= 15 is 0 Å². The highest BCUT2D eigenvalue weighted by Crippen LogP contribution is 2.24. The second kappa shape index (κ2) is 10.3. The van der Waals surface area contributed by atoms with Crippen LogP contribution in [0.5, 0.6) is 17.2 Å². The Hall–Kier alpha value is -2.29. The molecule has 0 atom stereocenters. The molecule has 0 saturated carbocycles. The molecule has 2 aromatic carbocycles. The number of nitrogens with zero attached hydrogens (tertiary/aromatic N) is 1. The maximum atomic E-state index is 12.8. The number of hydrogen-bond acceptors (Lipinski definition) is 6. The third kappa shape index (κ3) is 5.85. The maximum Gasteiger partial charge on any atom is 0.242 e. The summed E-state index contributed by atoms with van der Waals surface area (Å²) in [6.45, 7) is 3.15. The maximum absolute atomic E-state index is 12.8. The van der Waals surface area contributed by atoms with Gasteiger partial charge in [0.15, 0.2) is 0 Å². The standard InChI is InChI=1S/C20H27NO6S/c1-16-15-19(9-10-20(16)27-14-13-24-3)28(22,23)21(2)11-12-26-18-7-5-17(25-4)6-8-18/h5-10,15H,11-14H2,1-4H3. The van der Waals surface area contributed by atoms with Gasteiger partial charge in [-0.1, -0.05) is 0 Å². The van der Waals surface area contributed by atoms with Crippen LogP contribution in [0.3, 0.4) is 0 Å². The normalized spacial score (nSPS) is 11.5. The van der Waals surface area contributed by atoms with E-state index in [4.69, 9.17) is 18.9 Å². The Balaban J connectivity index is 1.95. The van der Waals surface area contributed by atoms with Gasteiger partial charge in [-0.25, -0.2) is 8.42 Å². The van der Waals surface area contributed by atoms with Gasteiger partial charge in [-0.2, -0.15) is 4.31 Å². The van der Waals surface area contributed by atoms with E-state index in [-0.39, 0.29) is 18.0 Å². The molecule has 0 heterocycles. The zero-order valence-electron chi connectivity index (χ0n) is 16.7. The van der Waals surface area contributed by atoms with Crippen LogP contribution in [-0.2, 0) is 14.8 Å². The molecule has 0 bridgehead atoms. The number of aryl methyl sites for hydroxylation is 1. The number of benzene rings is 2. The number of hydrogen-bond donors (Lipinski definition) is 0. The molecule has 0 N–H and O–H groups in total. The monoisotopic (exact) mass is 409 g/mol. The molecule has 2 aromatic rings. The summed E-state index contributed by atoms with van der Waals surface area (Å²) >= 11 is 0. The van der Waals surface area contributed by atoms with Gasteiger partial charge in [0.1, 0.15) is 30.5 Å². The lowest BCUT2D eigenvalue weighted by molar-refractivity contribution is 0.146. The minimum Gasteiger partial charge on any atom is -0.497 e. The lowest BCUT2D eigenvalue weighted by Gasteiger charge is -2.18. The molecule has 0 aliphatic rings. The Kier molecular flexibility index (Phi) is 8.10. The molecule has 0 aliphatic carbocycles. The summed E-state index contributed by atoms with van der Waals surface area (Å²) in [5, 5.41) is 0. The van der Waals surface area contributed by atoms with Gasteiger partial charge in [0, 0.05) is 20.7 Å². The van der Waals surface area contributed by atoms with Crippen LogP contribution >= 0.6 is 0 Å². The molecule has 0 spiro atoms. The van der Waals surface area contributed by atoms with Crippen molar-refractivity contribution in [3.05, 3.63) is 48.0 Å². The Morgan fingerprint density at radius 1 is 0.893 bits per heavy atom. The summed E-state index contributed by atoms with van der Waals surface area (Å²) in [5.41, 5.74) is 0.750. The van der Waals surface area contributed by atoms with Gasteiger partial charge in [0.05, 0.1) is 18.6 Å². The number of methoxy groups -OCH3 is 2. The van der Waals surface area contributed by atoms with E-state index in [0.29, 0.717) is 24.7 Å². The molecule has 154 valence electrons. The van der Waals surface area contributed by atoms with Gasteiger partial charge in [0.2, 0.25) is 10.0 Å². The predicted octanol–water partition coefficient (Wildman–Crippen LogP) is 2.73. The Morgan fingerprint density at radius 3 is 2.18 bits per heavy atom. The van der Waals surface area contributed by atoms with E-state index in [1.807, 2.05) is 6.92 Å². The summed E-state index contributed by atoms with van der Waals surface area (Å²) in [6.07, 6.45) is 0. The van der Waals surface area contributed by atoms with Gasteiger partial charge < -0.3 is 18.9 Å². The van der Waals surface area contributed by atoms with Crippen molar-refractivity contribution < 1.29 is 27.4 Å². The van der Waals surface area contributed by atoms with Crippen LogP contribution in [0, 0.1) is 6.92 Å². The van der Waals surface area contributed by atoms with Gasteiger partial charge >= 0.3 is 0 Å². The van der Waals surface area contributed by atoms with E-state index in [2.05, 4.69) is 0 Å². The third-order valence-electron chi connectivity index (χ3n) is 4.13. The molecule has 0 amide bonds. The fourth-order valence-electron chi connectivity index (χ4n) is 2.44. The minimum absolute atomic E-state index is 0.219. The molecule has 0 unspecified atom stereocenters. The fourth-order valence-corrected chi connectivity index (χ4v) is 3.68. The summed E-state index contributed by atoms with van der Waals surface area (Å²) in [4.78, 5) is 0.219. The average molecular weight is 410 g/mol. The van der Waals surface area contributed by atoms with E-state index in [9.17, 15) is 8.42 Å². The van der Waals surface area contributed by atoms with Crippen LogP contribution < -0.4 is 14.2 Å². The first kappa shape index (κ1) is 22.0. The highest BCUT2D eigenvalue weighted by atomic mass is 32.2. The summed E-state index contributed by atoms with van der Waals surface area (Å²) in [5.74, 6) is 2.03. The van der Waals surface area contributed by atoms with Crippen molar-refractivity contribution in [3.8, 4) is 17.2 Å². The molecule has 28 heavy (non-hydrogen) atoms. The molecule has 2 rings (SSSR count). The molecular formula is C20H27NO6S. The van der Waals surface area contributed by atoms with Crippen molar-refractivity contribution in [2.24, 2.45) is 0 Å². The lowest BCUT2D eigenvalue weighted by atomic mass is 10.2. The molecule has 7 nitrogen and oxygen atoms in total. The van der Waals surface area contributed by atoms with Crippen LogP contribution in [-0.4, -0.2) is 60.4 Å². The number of likely N-dealkylation sites (N-methyl/N-ethyl adjacent to an activating group) is 1. The van der Waals surface area contributed by atoms with Gasteiger partial charge in [-0.15, -0.1) is 0 Å². The SMILES string of the molecule is COCCOc1ccc(S(=O)(=O)N(C)CCOc2ccc(OC)cc2)cc1C. The summed E-state index contributed by atoms with van der Waals surface area (Å²) in [7, 11) is 1.11. The second-order valence-corrected chi connectivity index (χ2v) is 8.16. The van der Waals surface area contributed by atoms with Crippen LogP contribution in [0.15, 0.2) is 47.4 Å². The highest BCUT2D eigenvalue weighted by molar-refractivity contribution is 7.89. The van der Waals surface area contributed by atoms with Gasteiger partial charge in [-0.3, -0.25) is 0 Å². The first-order chi connectivity index (χ1) is 13.4. The van der Waals surface area contributed by atoms with Gasteiger partial charge in [0.25, 0.3) is 0 Å². The van der Waals surface area contributed by atoms with Crippen molar-refractivity contribution in [1.29, 1.82) is 0 Å². The van der Waals surface area contributed by atoms with Crippen LogP contribution in [0.1, 0.15) is 5.56 Å². The first-order valence-electron chi connectivity index (χ1n) is 8.84. The summed E-state index contributed by atoms with van der Waals surface area (Å²) < 4.78 is 48.1. The van der Waals surface area contributed by atoms with E-state index in [1.165, 1.54) is 11.4 Å². The van der Waals surface area contributed by atoms with Crippen molar-refractivity contribution in [2.45, 2.75) is 11.8 Å². The smallest absolute Gasteiger partial charge is 0.242 e. The molecule has 8 heteroatoms. The lowest BCUT2D eigenvalue weighted by Crippen LogP contribution is -2.31. The first-order valence-corrected chi connectivity index (χ1v) is 10.3. The van der Waals surface area contributed by atoms with E-state index in [0.717, 1.165) is 11.3 Å². The molecule has 0 radical (unpaired) electrons. The molecular weight excluding hydrogens is 382 g/mol. The molecule has 0 saturated heterocycles. The predicted molar refractivity (Wildman–Crippen MR) is 107 cm³/mol. The highest BCUT2D eigenvalue weighted by Gasteiger charge is 2.21. The van der Waals surface area contributed by atoms with Gasteiger partial charge in [-0.05, 0) is 55.0 Å². The van der Waals surface area contributed by atoms with Crippen LogP contribution in [0.4, 0.5) is 0 Å². The largest absolute Gasteiger partial charge is 0.497 e. The van der Waals surface area contributed by atoms with E-state index in [1.54, 1.807) is 56.7 Å².